The van der Waals surface area contributed by atoms with Crippen molar-refractivity contribution < 1.29 is 41.4 Å². The van der Waals surface area contributed by atoms with Gasteiger partial charge in [0, 0.05) is 62.6 Å². The summed E-state index contributed by atoms with van der Waals surface area (Å²) in [4.78, 5) is 18.5. The minimum absolute atomic E-state index is 0.0403. The van der Waals surface area contributed by atoms with E-state index in [9.17, 15) is 28.1 Å². The van der Waals surface area contributed by atoms with Crippen LogP contribution in [-0.2, 0) is 47.6 Å². The highest BCUT2D eigenvalue weighted by Crippen LogP contribution is 2.44. The van der Waals surface area contributed by atoms with E-state index < -0.39 is 68.2 Å². The van der Waals surface area contributed by atoms with Gasteiger partial charge in [0.15, 0.2) is 9.84 Å². The molecule has 6 aromatic carbocycles. The monoisotopic (exact) mass is 1130 g/mol. The Morgan fingerprint density at radius 3 is 1.68 bits per heavy atom. The van der Waals surface area contributed by atoms with Crippen molar-refractivity contribution in [1.29, 1.82) is 0 Å². The Morgan fingerprint density at radius 1 is 0.632 bits per heavy atom. The van der Waals surface area contributed by atoms with Gasteiger partial charge in [-0.1, -0.05) is 107 Å². The summed E-state index contributed by atoms with van der Waals surface area (Å²) in [6.45, 7) is 16.7. The summed E-state index contributed by atoms with van der Waals surface area (Å²) in [5.41, 5.74) is 2.91. The molecule has 8 aromatic rings. The molecule has 2 aromatic heterocycles. The Hall–Kier alpha value is -5.51. The van der Waals surface area contributed by atoms with Gasteiger partial charge in [-0.05, 0) is 145 Å². The molecule has 0 aliphatic rings. The highest BCUT2D eigenvalue weighted by Gasteiger charge is 2.37. The van der Waals surface area contributed by atoms with Gasteiger partial charge in [0.25, 0.3) is 0 Å². The van der Waals surface area contributed by atoms with Gasteiger partial charge in [-0.2, -0.15) is 0 Å². The van der Waals surface area contributed by atoms with Crippen LogP contribution in [0.3, 0.4) is 0 Å². The molecule has 18 heteroatoms. The van der Waals surface area contributed by atoms with Crippen LogP contribution in [0, 0.1) is 18.6 Å². The van der Waals surface area contributed by atoms with Crippen molar-refractivity contribution in [3.05, 3.63) is 206 Å². The first-order valence-electron chi connectivity index (χ1n) is 24.0. The fraction of sp³-hybridized carbons (Fsp3) is 0.276. The van der Waals surface area contributed by atoms with Crippen molar-refractivity contribution in [3.8, 4) is 33.6 Å². The van der Waals surface area contributed by atoms with Crippen LogP contribution in [-0.4, -0.2) is 55.5 Å². The molecule has 8 rings (SSSR count). The van der Waals surface area contributed by atoms with Crippen molar-refractivity contribution in [2.24, 2.45) is 0 Å². The summed E-state index contributed by atoms with van der Waals surface area (Å²) in [5.74, 6) is -0.620. The number of halogens is 5. The first-order valence-corrected chi connectivity index (χ1v) is 29.0. The lowest BCUT2D eigenvalue weighted by Gasteiger charge is -2.28. The molecule has 0 bridgehead atoms. The molecule has 0 saturated heterocycles. The molecule has 3 N–H and O–H groups in total. The van der Waals surface area contributed by atoms with E-state index in [1.54, 1.807) is 45.9 Å². The predicted molar refractivity (Wildman–Crippen MR) is 299 cm³/mol. The third kappa shape index (κ3) is 12.7. The second-order valence-electron chi connectivity index (χ2n) is 20.9. The van der Waals surface area contributed by atoms with Crippen molar-refractivity contribution in [2.75, 3.05) is 12.9 Å². The smallest absolute Gasteiger partial charge is 0.325 e. The Morgan fingerprint density at radius 2 is 1.14 bits per heavy atom. The predicted octanol–water partition coefficient (Wildman–Crippen LogP) is 14.5. The summed E-state index contributed by atoms with van der Waals surface area (Å²) in [7, 11) is -8.06. The van der Waals surface area contributed by atoms with E-state index in [2.05, 4.69) is 78.9 Å². The minimum Gasteiger partial charge on any atom is -0.384 e. The van der Waals surface area contributed by atoms with Crippen LogP contribution in [0.2, 0.25) is 15.1 Å². The molecule has 400 valence electrons. The molecular formula is C58H60Cl3F2N4O7PS. The number of nitrogens with zero attached hydrogens (tertiary/aromatic N) is 4. The zero-order valence-electron chi connectivity index (χ0n) is 43.9. The average Bonchev–Trinajstić information content (AvgIpc) is 3.99. The lowest BCUT2D eigenvalue weighted by atomic mass is 9.83. The molecule has 0 fully saturated rings. The maximum absolute atomic E-state index is 16.0. The van der Waals surface area contributed by atoms with Crippen LogP contribution in [0.15, 0.2) is 139 Å². The van der Waals surface area contributed by atoms with E-state index in [4.69, 9.17) is 44.3 Å². The molecule has 0 aliphatic carbocycles. The zero-order valence-corrected chi connectivity index (χ0v) is 47.9. The molecule has 2 heterocycles. The summed E-state index contributed by atoms with van der Waals surface area (Å²) in [6, 6.07) is 36.0. The van der Waals surface area contributed by atoms with E-state index in [1.165, 1.54) is 34.0 Å². The number of aromatic nitrogens is 4. The highest BCUT2D eigenvalue weighted by atomic mass is 35.5. The normalized spacial score (nSPS) is 13.3. The second kappa shape index (κ2) is 21.7. The molecule has 0 spiro atoms. The van der Waals surface area contributed by atoms with Crippen LogP contribution in [0.5, 0.6) is 0 Å². The molecule has 11 nitrogen and oxygen atoms in total. The van der Waals surface area contributed by atoms with Gasteiger partial charge in [0.1, 0.15) is 34.5 Å². The first-order chi connectivity index (χ1) is 35.2. The lowest BCUT2D eigenvalue weighted by molar-refractivity contribution is 0.0735. The van der Waals surface area contributed by atoms with Crippen molar-refractivity contribution in [3.63, 3.8) is 0 Å². The summed E-state index contributed by atoms with van der Waals surface area (Å²) >= 11 is 19.6. The summed E-state index contributed by atoms with van der Waals surface area (Å²) in [5, 5.41) is 22.9. The summed E-state index contributed by atoms with van der Waals surface area (Å²) in [6.07, 6.45) is 4.29. The van der Waals surface area contributed by atoms with Gasteiger partial charge in [-0.3, -0.25) is 9.13 Å². The van der Waals surface area contributed by atoms with Crippen LogP contribution in [0.25, 0.3) is 33.6 Å². The fourth-order valence-electron chi connectivity index (χ4n) is 8.86. The van der Waals surface area contributed by atoms with E-state index in [0.717, 1.165) is 53.8 Å². The molecule has 0 aliphatic heterocycles. The lowest BCUT2D eigenvalue weighted by Crippen LogP contribution is -2.25. The number of hydrogen-bond donors (Lipinski definition) is 3. The highest BCUT2D eigenvalue weighted by molar-refractivity contribution is 7.90. The van der Waals surface area contributed by atoms with Gasteiger partial charge in [-0.15, -0.1) is 0 Å². The first kappa shape index (κ1) is 58.2. The maximum atomic E-state index is 16.0. The number of aryl methyl sites for hydroxylation is 1. The quantitative estimate of drug-likeness (QED) is 0.0902. The molecule has 76 heavy (non-hydrogen) atoms. The second-order valence-corrected chi connectivity index (χ2v) is 26.0. The number of sulfone groups is 1. The van der Waals surface area contributed by atoms with Crippen LogP contribution >= 0.6 is 42.4 Å². The number of imidazole rings is 2. The molecule has 1 unspecified atom stereocenters. The SMILES string of the molecule is CC(C)(O)c1cn(-c2ccc(-c3cc(F)c(COP(C)(=O)O)c(S(C)(=O)=O)c3)cc2F)c(C(C)(C)c2c(Cl)cccc2Cl)n1.Cc1cccc(-c2ccc(-n3cc(C(C)(C)O)nc3C(C)(C)c3ccccc3Cl)cc2)c1. The molecule has 0 amide bonds. The van der Waals surface area contributed by atoms with Gasteiger partial charge in [0.2, 0.25) is 0 Å². The van der Waals surface area contributed by atoms with E-state index in [0.29, 0.717) is 32.1 Å². The van der Waals surface area contributed by atoms with Crippen molar-refractivity contribution >= 4 is 52.2 Å². The number of benzene rings is 6. The van der Waals surface area contributed by atoms with Crippen LogP contribution in [0.4, 0.5) is 8.78 Å². The topological polar surface area (TPSA) is 157 Å². The molecule has 0 radical (unpaired) electrons. The Bertz CT molecular complexity index is 3620. The van der Waals surface area contributed by atoms with Gasteiger partial charge in [-0.25, -0.2) is 27.2 Å². The van der Waals surface area contributed by atoms with E-state index in [1.807, 2.05) is 44.3 Å². The Balaban J connectivity index is 0.000000232. The third-order valence-corrected chi connectivity index (χ3v) is 15.7. The maximum Gasteiger partial charge on any atom is 0.325 e. The third-order valence-electron chi connectivity index (χ3n) is 13.0. The number of aliphatic hydroxyl groups is 2. The Kier molecular flexibility index (Phi) is 16.6. The molecule has 0 saturated carbocycles. The standard InChI is InChI=1S/C30H31Cl2F2N2O6PS.C28H29ClN2O/c1-29(2,27-20(31)8-7-9-21(27)32)28-35-26(30(3,4)37)15-36(28)24-11-10-17(12-23(24)34)18-13-22(33)19(16-42-43(5,38)39)25(14-18)44(6,40)41;1-19-9-8-10-21(17-19)20-13-15-22(16-14-20)31-18-25(28(4,5)32)30-26(31)27(2,3)23-11-6-7-12-24(23)29/h7-15,37H,16H2,1-6H3,(H,38,39);6-18,32H,1-5H3. The summed E-state index contributed by atoms with van der Waals surface area (Å²) < 4.78 is 76.1. The minimum atomic E-state index is -4.03. The van der Waals surface area contributed by atoms with E-state index in [-0.39, 0.29) is 22.5 Å². The largest absolute Gasteiger partial charge is 0.384 e. The van der Waals surface area contributed by atoms with E-state index >= 15 is 8.78 Å². The van der Waals surface area contributed by atoms with Crippen molar-refractivity contribution in [2.45, 2.75) is 95.8 Å². The number of rotatable bonds is 14. The zero-order chi connectivity index (χ0) is 56.1. The van der Waals surface area contributed by atoms with Crippen LogP contribution < -0.4 is 0 Å². The molecule has 1 atom stereocenters. The number of hydrogen-bond acceptors (Lipinski definition) is 8. The average molecular weight is 1130 g/mol. The van der Waals surface area contributed by atoms with Gasteiger partial charge in [0.05, 0.1) is 34.0 Å². The van der Waals surface area contributed by atoms with Gasteiger partial charge >= 0.3 is 7.60 Å². The molecular weight excluding hydrogens is 1070 g/mol. The van der Waals surface area contributed by atoms with Gasteiger partial charge < -0.3 is 24.2 Å². The fourth-order valence-corrected chi connectivity index (χ4v) is 11.4. The Labute approximate surface area is 458 Å². The van der Waals surface area contributed by atoms with Crippen molar-refractivity contribution in [1.82, 2.24) is 19.1 Å². The van der Waals surface area contributed by atoms with Crippen LogP contribution in [0.1, 0.15) is 101 Å².